The molecule has 3 rings (SSSR count). The van der Waals surface area contributed by atoms with Crippen LogP contribution in [0.25, 0.3) is 21.9 Å². The summed E-state index contributed by atoms with van der Waals surface area (Å²) in [5.74, 6) is 1.57. The molecule has 0 fully saturated rings. The van der Waals surface area contributed by atoms with Crippen LogP contribution < -0.4 is 11.2 Å². The van der Waals surface area contributed by atoms with Crippen molar-refractivity contribution in [3.05, 3.63) is 30.1 Å². The summed E-state index contributed by atoms with van der Waals surface area (Å²) in [4.78, 5) is 14.7. The molecule has 6 heteroatoms. The predicted octanol–water partition coefficient (Wildman–Crippen LogP) is 3.05. The molecule has 0 saturated carbocycles. The Hall–Kier alpha value is -2.18. The van der Waals surface area contributed by atoms with Crippen LogP contribution in [0.2, 0.25) is 0 Å². The van der Waals surface area contributed by atoms with Crippen LogP contribution in [0.5, 0.6) is 0 Å². The average molecular weight is 327 g/mol. The van der Waals surface area contributed by atoms with Gasteiger partial charge < -0.3 is 15.1 Å². The summed E-state index contributed by atoms with van der Waals surface area (Å²) in [6, 6.07) is 8.10. The molecule has 0 aliphatic rings. The van der Waals surface area contributed by atoms with Gasteiger partial charge >= 0.3 is 0 Å². The van der Waals surface area contributed by atoms with Crippen molar-refractivity contribution in [1.29, 1.82) is 0 Å². The fourth-order valence-electron chi connectivity index (χ4n) is 3.03. The van der Waals surface area contributed by atoms with Crippen LogP contribution in [-0.2, 0) is 17.8 Å². The van der Waals surface area contributed by atoms with Crippen LogP contribution in [0.4, 0.5) is 5.82 Å². The Bertz CT molecular complexity index is 827. The number of para-hydroxylation sites is 1. The van der Waals surface area contributed by atoms with Gasteiger partial charge in [-0.3, -0.25) is 0 Å². The van der Waals surface area contributed by atoms with Gasteiger partial charge in [-0.25, -0.2) is 15.4 Å². The van der Waals surface area contributed by atoms with E-state index in [0.717, 1.165) is 60.1 Å². The molecule has 0 spiro atoms. The van der Waals surface area contributed by atoms with Crippen molar-refractivity contribution in [2.24, 2.45) is 0 Å². The zero-order valence-corrected chi connectivity index (χ0v) is 14.4. The summed E-state index contributed by atoms with van der Waals surface area (Å²) in [5, 5.41) is 1.10. The molecule has 0 saturated heterocycles. The van der Waals surface area contributed by atoms with Crippen LogP contribution in [0.1, 0.15) is 32.5 Å². The Labute approximate surface area is 142 Å². The minimum atomic E-state index is 0.503. The molecule has 0 atom stereocenters. The minimum Gasteiger partial charge on any atom is -0.382 e. The second kappa shape index (κ2) is 7.59. The third-order valence-corrected chi connectivity index (χ3v) is 4.04. The van der Waals surface area contributed by atoms with E-state index in [1.165, 1.54) is 0 Å². The second-order valence-electron chi connectivity index (χ2n) is 5.84. The van der Waals surface area contributed by atoms with Crippen molar-refractivity contribution in [3.8, 4) is 0 Å². The van der Waals surface area contributed by atoms with E-state index in [2.05, 4.69) is 28.0 Å². The number of nitrogens with two attached hydrogens (primary N) is 1. The fraction of sp³-hybridized carbons (Fsp3) is 0.444. The number of nitrogens with one attached hydrogen (secondary N) is 1. The van der Waals surface area contributed by atoms with Gasteiger partial charge in [-0.2, -0.15) is 0 Å². The zero-order valence-electron chi connectivity index (χ0n) is 14.4. The number of imidazole rings is 1. The predicted molar refractivity (Wildman–Crippen MR) is 97.7 cm³/mol. The van der Waals surface area contributed by atoms with Crippen LogP contribution in [0.15, 0.2) is 24.3 Å². The van der Waals surface area contributed by atoms with E-state index in [-0.39, 0.29) is 0 Å². The second-order valence-corrected chi connectivity index (χ2v) is 5.84. The highest BCUT2D eigenvalue weighted by molar-refractivity contribution is 6.06. The highest BCUT2D eigenvalue weighted by atomic mass is 16.6. The SMILES string of the molecule is CCCc1nc2c(N)nc3ccccc3c2n1CCCONCC. The van der Waals surface area contributed by atoms with Crippen molar-refractivity contribution >= 4 is 27.8 Å². The largest absolute Gasteiger partial charge is 0.382 e. The summed E-state index contributed by atoms with van der Waals surface area (Å²) >= 11 is 0. The Morgan fingerprint density at radius 2 is 2.04 bits per heavy atom. The Balaban J connectivity index is 2.04. The van der Waals surface area contributed by atoms with Gasteiger partial charge in [-0.1, -0.05) is 32.0 Å². The molecule has 2 aromatic heterocycles. The molecular weight excluding hydrogens is 302 g/mol. The normalized spacial score (nSPS) is 11.6. The first kappa shape index (κ1) is 16.7. The number of fused-ring (bicyclic) bond motifs is 3. The molecule has 3 aromatic rings. The molecule has 0 aliphatic carbocycles. The third kappa shape index (κ3) is 3.20. The number of aryl methyl sites for hydroxylation is 2. The van der Waals surface area contributed by atoms with Crippen LogP contribution in [-0.4, -0.2) is 27.7 Å². The van der Waals surface area contributed by atoms with E-state index in [9.17, 15) is 0 Å². The van der Waals surface area contributed by atoms with Gasteiger partial charge in [0.15, 0.2) is 5.82 Å². The first-order valence-corrected chi connectivity index (χ1v) is 8.64. The van der Waals surface area contributed by atoms with E-state index < -0.39 is 0 Å². The number of anilines is 1. The van der Waals surface area contributed by atoms with Gasteiger partial charge in [0, 0.05) is 24.9 Å². The maximum absolute atomic E-state index is 6.17. The fourth-order valence-corrected chi connectivity index (χ4v) is 3.03. The van der Waals surface area contributed by atoms with Crippen molar-refractivity contribution in [3.63, 3.8) is 0 Å². The van der Waals surface area contributed by atoms with E-state index in [1.807, 2.05) is 25.1 Å². The van der Waals surface area contributed by atoms with E-state index in [4.69, 9.17) is 15.6 Å². The number of aromatic nitrogens is 3. The maximum Gasteiger partial charge on any atom is 0.152 e. The van der Waals surface area contributed by atoms with Gasteiger partial charge in [0.1, 0.15) is 11.3 Å². The van der Waals surface area contributed by atoms with Gasteiger partial charge in [0.25, 0.3) is 0 Å². The molecule has 6 nitrogen and oxygen atoms in total. The Morgan fingerprint density at radius 1 is 1.21 bits per heavy atom. The average Bonchev–Trinajstić information content (AvgIpc) is 2.95. The molecule has 0 radical (unpaired) electrons. The maximum atomic E-state index is 6.17. The number of pyridine rings is 1. The van der Waals surface area contributed by atoms with Crippen molar-refractivity contribution in [1.82, 2.24) is 20.0 Å². The molecule has 0 aliphatic heterocycles. The van der Waals surface area contributed by atoms with Gasteiger partial charge in [-0.05, 0) is 18.9 Å². The highest BCUT2D eigenvalue weighted by Crippen LogP contribution is 2.29. The van der Waals surface area contributed by atoms with Crippen molar-refractivity contribution < 1.29 is 4.84 Å². The van der Waals surface area contributed by atoms with Crippen molar-refractivity contribution in [2.45, 2.75) is 39.7 Å². The Kier molecular flexibility index (Phi) is 5.27. The minimum absolute atomic E-state index is 0.503. The number of hydroxylamine groups is 1. The number of nitrogen functional groups attached to an aromatic ring is 1. The number of benzene rings is 1. The van der Waals surface area contributed by atoms with Gasteiger partial charge in [-0.15, -0.1) is 0 Å². The summed E-state index contributed by atoms with van der Waals surface area (Å²) in [7, 11) is 0. The molecule has 24 heavy (non-hydrogen) atoms. The van der Waals surface area contributed by atoms with E-state index >= 15 is 0 Å². The monoisotopic (exact) mass is 327 g/mol. The van der Waals surface area contributed by atoms with Gasteiger partial charge in [0.05, 0.1) is 17.6 Å². The summed E-state index contributed by atoms with van der Waals surface area (Å²) in [6.45, 7) is 6.51. The molecule has 0 unspecified atom stereocenters. The summed E-state index contributed by atoms with van der Waals surface area (Å²) < 4.78 is 2.29. The topological polar surface area (TPSA) is 78.0 Å². The molecule has 0 bridgehead atoms. The number of hydrogen-bond acceptors (Lipinski definition) is 5. The van der Waals surface area contributed by atoms with Crippen LogP contribution in [0, 0.1) is 0 Å². The molecular formula is C18H25N5O. The standard InChI is InChI=1S/C18H25N5O/c1-3-8-15-22-16-17(23(15)11-7-12-24-20-4-2)13-9-5-6-10-14(13)21-18(16)19/h5-6,9-10,20H,3-4,7-8,11-12H2,1-2H3,(H2,19,21). The highest BCUT2D eigenvalue weighted by Gasteiger charge is 2.16. The van der Waals surface area contributed by atoms with Gasteiger partial charge in [0.2, 0.25) is 0 Å². The lowest BCUT2D eigenvalue weighted by Crippen LogP contribution is -2.15. The number of rotatable bonds is 8. The molecule has 0 amide bonds. The number of hydrogen-bond donors (Lipinski definition) is 2. The molecule has 1 aromatic carbocycles. The zero-order chi connectivity index (χ0) is 16.9. The lowest BCUT2D eigenvalue weighted by molar-refractivity contribution is 0.0412. The quantitative estimate of drug-likeness (QED) is 0.491. The lowest BCUT2D eigenvalue weighted by Gasteiger charge is -2.11. The van der Waals surface area contributed by atoms with Crippen LogP contribution in [0.3, 0.4) is 0 Å². The van der Waals surface area contributed by atoms with Crippen LogP contribution >= 0.6 is 0 Å². The Morgan fingerprint density at radius 3 is 2.83 bits per heavy atom. The first-order chi connectivity index (χ1) is 11.8. The first-order valence-electron chi connectivity index (χ1n) is 8.64. The summed E-state index contributed by atoms with van der Waals surface area (Å²) in [6.07, 6.45) is 2.88. The number of nitrogens with zero attached hydrogens (tertiary/aromatic N) is 3. The molecule has 3 N–H and O–H groups in total. The third-order valence-electron chi connectivity index (χ3n) is 4.04. The molecule has 2 heterocycles. The summed E-state index contributed by atoms with van der Waals surface area (Å²) in [5.41, 5.74) is 11.9. The lowest BCUT2D eigenvalue weighted by atomic mass is 10.2. The van der Waals surface area contributed by atoms with E-state index in [1.54, 1.807) is 0 Å². The smallest absolute Gasteiger partial charge is 0.152 e. The van der Waals surface area contributed by atoms with Crippen molar-refractivity contribution in [2.75, 3.05) is 18.9 Å². The molecule has 128 valence electrons. The van der Waals surface area contributed by atoms with E-state index in [0.29, 0.717) is 12.4 Å².